The van der Waals surface area contributed by atoms with E-state index in [9.17, 15) is 4.79 Å². The monoisotopic (exact) mass is 293 g/mol. The highest BCUT2D eigenvalue weighted by molar-refractivity contribution is 5.98. The first-order valence-electron chi connectivity index (χ1n) is 7.33. The van der Waals surface area contributed by atoms with Gasteiger partial charge < -0.3 is 20.7 Å². The molecule has 118 valence electrons. The zero-order valence-electron chi connectivity index (χ0n) is 13.6. The van der Waals surface area contributed by atoms with Gasteiger partial charge in [0.1, 0.15) is 0 Å². The number of nitrogen functional groups attached to an aromatic ring is 1. The van der Waals surface area contributed by atoms with Gasteiger partial charge in [-0.15, -0.1) is 0 Å². The fraction of sp³-hybridized carbons (Fsp3) is 0.562. The Kier molecular flexibility index (Phi) is 6.49. The molecule has 5 heteroatoms. The molecule has 3 N–H and O–H groups in total. The van der Waals surface area contributed by atoms with Crippen LogP contribution in [0.5, 0.6) is 5.75 Å². The average Bonchev–Trinajstić information content (AvgIpc) is 2.39. The first-order valence-corrected chi connectivity index (χ1v) is 7.33. The molecule has 0 aromatic heterocycles. The van der Waals surface area contributed by atoms with Crippen LogP contribution in [-0.2, 0) is 0 Å². The molecule has 0 spiro atoms. The maximum absolute atomic E-state index is 12.5. The number of nitrogens with one attached hydrogen (secondary N) is 1. The number of benzene rings is 1. The molecule has 0 aliphatic rings. The number of rotatable bonds is 7. The SMILES string of the molecule is CCOc1c(N)cccc1C(=O)NC(CN(C)C)C(C)C. The first kappa shape index (κ1) is 17.3. The number of carbonyl (C=O) groups is 1. The number of likely N-dealkylation sites (N-methyl/N-ethyl adjacent to an activating group) is 1. The summed E-state index contributed by atoms with van der Waals surface area (Å²) < 4.78 is 5.52. The van der Waals surface area contributed by atoms with Crippen molar-refractivity contribution in [2.75, 3.05) is 33.0 Å². The summed E-state index contributed by atoms with van der Waals surface area (Å²) in [6, 6.07) is 5.32. The smallest absolute Gasteiger partial charge is 0.255 e. The lowest BCUT2D eigenvalue weighted by Crippen LogP contribution is -2.45. The second kappa shape index (κ2) is 7.88. The number of nitrogens with two attached hydrogens (primary N) is 1. The number of amides is 1. The van der Waals surface area contributed by atoms with Crippen LogP contribution in [0.1, 0.15) is 31.1 Å². The molecule has 0 saturated carbocycles. The third-order valence-corrected chi connectivity index (χ3v) is 3.26. The third-order valence-electron chi connectivity index (χ3n) is 3.26. The minimum Gasteiger partial charge on any atom is -0.491 e. The highest BCUT2D eigenvalue weighted by atomic mass is 16.5. The molecule has 1 aromatic rings. The van der Waals surface area contributed by atoms with Gasteiger partial charge in [0.25, 0.3) is 5.91 Å². The molecular weight excluding hydrogens is 266 g/mol. The van der Waals surface area contributed by atoms with Gasteiger partial charge in [0, 0.05) is 12.6 Å². The Morgan fingerprint density at radius 2 is 2.05 bits per heavy atom. The van der Waals surface area contributed by atoms with Gasteiger partial charge in [0.2, 0.25) is 0 Å². The maximum Gasteiger partial charge on any atom is 0.255 e. The highest BCUT2D eigenvalue weighted by Gasteiger charge is 2.21. The fourth-order valence-corrected chi connectivity index (χ4v) is 2.10. The lowest BCUT2D eigenvalue weighted by Gasteiger charge is -2.26. The molecule has 1 atom stereocenters. The molecule has 1 unspecified atom stereocenters. The molecule has 0 radical (unpaired) electrons. The quantitative estimate of drug-likeness (QED) is 0.754. The number of para-hydroxylation sites is 1. The molecule has 0 saturated heterocycles. The molecule has 0 bridgehead atoms. The van der Waals surface area contributed by atoms with Crippen molar-refractivity contribution in [3.05, 3.63) is 23.8 Å². The van der Waals surface area contributed by atoms with Gasteiger partial charge in [-0.2, -0.15) is 0 Å². The van der Waals surface area contributed by atoms with Gasteiger partial charge in [-0.25, -0.2) is 0 Å². The Labute approximate surface area is 127 Å². The van der Waals surface area contributed by atoms with Crippen molar-refractivity contribution in [1.82, 2.24) is 10.2 Å². The van der Waals surface area contributed by atoms with E-state index in [4.69, 9.17) is 10.5 Å². The van der Waals surface area contributed by atoms with Crippen LogP contribution in [0.25, 0.3) is 0 Å². The topological polar surface area (TPSA) is 67.6 Å². The number of anilines is 1. The van der Waals surface area contributed by atoms with Crippen LogP contribution < -0.4 is 15.8 Å². The van der Waals surface area contributed by atoms with Gasteiger partial charge in [0.05, 0.1) is 17.9 Å². The lowest BCUT2D eigenvalue weighted by molar-refractivity contribution is 0.0913. The normalized spacial score (nSPS) is 12.5. The minimum atomic E-state index is -0.147. The van der Waals surface area contributed by atoms with E-state index in [0.29, 0.717) is 29.5 Å². The van der Waals surface area contributed by atoms with Gasteiger partial charge in [-0.1, -0.05) is 19.9 Å². The van der Waals surface area contributed by atoms with Gasteiger partial charge in [-0.3, -0.25) is 4.79 Å². The third kappa shape index (κ3) is 4.93. The van der Waals surface area contributed by atoms with E-state index in [2.05, 4.69) is 24.1 Å². The van der Waals surface area contributed by atoms with Crippen molar-refractivity contribution in [1.29, 1.82) is 0 Å². The molecular formula is C16H27N3O2. The van der Waals surface area contributed by atoms with E-state index in [-0.39, 0.29) is 11.9 Å². The summed E-state index contributed by atoms with van der Waals surface area (Å²) in [5.74, 6) is 0.657. The summed E-state index contributed by atoms with van der Waals surface area (Å²) >= 11 is 0. The summed E-state index contributed by atoms with van der Waals surface area (Å²) in [5.41, 5.74) is 6.88. The maximum atomic E-state index is 12.5. The first-order chi connectivity index (χ1) is 9.86. The van der Waals surface area contributed by atoms with E-state index in [0.717, 1.165) is 6.54 Å². The molecule has 1 aromatic carbocycles. The number of ether oxygens (including phenoxy) is 1. The van der Waals surface area contributed by atoms with Crippen molar-refractivity contribution in [2.24, 2.45) is 5.92 Å². The number of carbonyl (C=O) groups excluding carboxylic acids is 1. The van der Waals surface area contributed by atoms with E-state index in [1.807, 2.05) is 21.0 Å². The van der Waals surface area contributed by atoms with E-state index >= 15 is 0 Å². The predicted molar refractivity (Wildman–Crippen MR) is 86.7 cm³/mol. The van der Waals surface area contributed by atoms with Crippen LogP contribution in [0.15, 0.2) is 18.2 Å². The molecule has 0 heterocycles. The molecule has 0 aliphatic carbocycles. The van der Waals surface area contributed by atoms with Crippen LogP contribution in [-0.4, -0.2) is 44.1 Å². The molecule has 1 rings (SSSR count). The van der Waals surface area contributed by atoms with Crippen molar-refractivity contribution in [3.8, 4) is 5.75 Å². The molecule has 0 fully saturated rings. The van der Waals surface area contributed by atoms with Crippen molar-refractivity contribution < 1.29 is 9.53 Å². The van der Waals surface area contributed by atoms with Crippen LogP contribution in [0.4, 0.5) is 5.69 Å². The molecule has 5 nitrogen and oxygen atoms in total. The highest BCUT2D eigenvalue weighted by Crippen LogP contribution is 2.26. The Morgan fingerprint density at radius 3 is 2.57 bits per heavy atom. The van der Waals surface area contributed by atoms with Crippen LogP contribution in [0.3, 0.4) is 0 Å². The van der Waals surface area contributed by atoms with E-state index < -0.39 is 0 Å². The Bertz CT molecular complexity index is 473. The second-order valence-electron chi connectivity index (χ2n) is 5.74. The van der Waals surface area contributed by atoms with Gasteiger partial charge in [-0.05, 0) is 39.1 Å². The minimum absolute atomic E-state index is 0.0726. The zero-order chi connectivity index (χ0) is 16.0. The number of nitrogens with zero attached hydrogens (tertiary/aromatic N) is 1. The van der Waals surface area contributed by atoms with Crippen molar-refractivity contribution in [3.63, 3.8) is 0 Å². The lowest BCUT2D eigenvalue weighted by atomic mass is 10.0. The van der Waals surface area contributed by atoms with Crippen molar-refractivity contribution in [2.45, 2.75) is 26.8 Å². The molecule has 21 heavy (non-hydrogen) atoms. The van der Waals surface area contributed by atoms with Gasteiger partial charge in [0.15, 0.2) is 5.75 Å². The van der Waals surface area contributed by atoms with E-state index in [1.165, 1.54) is 0 Å². The molecule has 1 amide bonds. The van der Waals surface area contributed by atoms with Crippen LogP contribution in [0, 0.1) is 5.92 Å². The summed E-state index contributed by atoms with van der Waals surface area (Å²) in [6.45, 7) is 7.32. The van der Waals surface area contributed by atoms with Crippen LogP contribution >= 0.6 is 0 Å². The molecule has 0 aliphatic heterocycles. The Balaban J connectivity index is 2.94. The Hall–Kier alpha value is -1.75. The second-order valence-corrected chi connectivity index (χ2v) is 5.74. The largest absolute Gasteiger partial charge is 0.491 e. The van der Waals surface area contributed by atoms with E-state index in [1.54, 1.807) is 18.2 Å². The van der Waals surface area contributed by atoms with Crippen molar-refractivity contribution >= 4 is 11.6 Å². The average molecular weight is 293 g/mol. The summed E-state index contributed by atoms with van der Waals surface area (Å²) in [7, 11) is 3.99. The number of hydrogen-bond donors (Lipinski definition) is 2. The summed E-state index contributed by atoms with van der Waals surface area (Å²) in [5, 5.41) is 3.07. The van der Waals surface area contributed by atoms with Gasteiger partial charge >= 0.3 is 0 Å². The van der Waals surface area contributed by atoms with Crippen LogP contribution in [0.2, 0.25) is 0 Å². The number of hydrogen-bond acceptors (Lipinski definition) is 4. The fourth-order valence-electron chi connectivity index (χ4n) is 2.10. The summed E-state index contributed by atoms with van der Waals surface area (Å²) in [4.78, 5) is 14.6. The zero-order valence-corrected chi connectivity index (χ0v) is 13.6. The standard InChI is InChI=1S/C16H27N3O2/c1-6-21-15-12(8-7-9-13(15)17)16(20)18-14(11(2)3)10-19(4)5/h7-9,11,14H,6,10,17H2,1-5H3,(H,18,20). The summed E-state index contributed by atoms with van der Waals surface area (Å²) in [6.07, 6.45) is 0. The predicted octanol–water partition coefficient (Wildman–Crippen LogP) is 1.98. The Morgan fingerprint density at radius 1 is 1.38 bits per heavy atom.